The van der Waals surface area contributed by atoms with Crippen molar-refractivity contribution in [2.75, 3.05) is 5.32 Å². The molecule has 3 N–H and O–H groups in total. The average molecular weight is 313 g/mol. The summed E-state index contributed by atoms with van der Waals surface area (Å²) in [7, 11) is 0. The minimum atomic E-state index is -0.625. The molecule has 0 aliphatic rings. The van der Waals surface area contributed by atoms with Gasteiger partial charge in [0.05, 0.1) is 16.1 Å². The molecule has 1 unspecified atom stereocenters. The smallest absolute Gasteiger partial charge is 0.261 e. The van der Waals surface area contributed by atoms with Crippen molar-refractivity contribution >= 4 is 39.7 Å². The first-order valence-corrected chi connectivity index (χ1v) is 7.74. The zero-order chi connectivity index (χ0) is 15.5. The molecular weight excluding hydrogens is 298 g/mol. The second kappa shape index (κ2) is 6.03. The Balaban J connectivity index is 1.69. The maximum atomic E-state index is 12.2. The van der Waals surface area contributed by atoms with Gasteiger partial charge in [0, 0.05) is 11.6 Å². The third kappa shape index (κ3) is 2.87. The van der Waals surface area contributed by atoms with Crippen LogP contribution in [0.2, 0.25) is 0 Å². The summed E-state index contributed by atoms with van der Waals surface area (Å²) in [5, 5.41) is 8.38. The molecule has 0 bridgehead atoms. The number of benzene rings is 1. The molecule has 0 saturated heterocycles. The number of rotatable bonds is 4. The van der Waals surface area contributed by atoms with E-state index < -0.39 is 6.04 Å². The van der Waals surface area contributed by atoms with Crippen LogP contribution in [0.1, 0.15) is 16.6 Å². The lowest BCUT2D eigenvalue weighted by atomic mass is 10.2. The van der Waals surface area contributed by atoms with Crippen molar-refractivity contribution in [3.05, 3.63) is 52.9 Å². The van der Waals surface area contributed by atoms with E-state index in [1.54, 1.807) is 19.1 Å². The number of hydrogen-bond donors (Lipinski definition) is 3. The van der Waals surface area contributed by atoms with Crippen LogP contribution in [-0.2, 0) is 4.79 Å². The number of H-pyrrole nitrogens is 1. The molecule has 2 aromatic heterocycles. The van der Waals surface area contributed by atoms with Gasteiger partial charge < -0.3 is 15.6 Å². The van der Waals surface area contributed by atoms with Gasteiger partial charge in [-0.2, -0.15) is 0 Å². The quantitative estimate of drug-likeness (QED) is 0.693. The molecule has 112 valence electrons. The molecule has 3 rings (SSSR count). The standard InChI is InChI=1S/C16H15N3O2S/c1-10(18-16(21)13-6-3-9-22-13)15(20)19-12-5-2-4-11-7-8-17-14(11)12/h2-10,17H,1H3,(H,18,21)(H,19,20). The summed E-state index contributed by atoms with van der Waals surface area (Å²) < 4.78 is 0. The number of amides is 2. The maximum Gasteiger partial charge on any atom is 0.261 e. The average Bonchev–Trinajstić information content (AvgIpc) is 3.18. The van der Waals surface area contributed by atoms with Crippen LogP contribution < -0.4 is 10.6 Å². The zero-order valence-electron chi connectivity index (χ0n) is 11.9. The summed E-state index contributed by atoms with van der Waals surface area (Å²) >= 11 is 1.34. The summed E-state index contributed by atoms with van der Waals surface area (Å²) in [6.45, 7) is 1.66. The van der Waals surface area contributed by atoms with Crippen LogP contribution in [-0.4, -0.2) is 22.8 Å². The van der Waals surface area contributed by atoms with Crippen LogP contribution in [0.3, 0.4) is 0 Å². The Hall–Kier alpha value is -2.60. The molecule has 2 heterocycles. The van der Waals surface area contributed by atoms with E-state index in [4.69, 9.17) is 0 Å². The van der Waals surface area contributed by atoms with E-state index in [0.29, 0.717) is 10.6 Å². The lowest BCUT2D eigenvalue weighted by molar-refractivity contribution is -0.117. The molecule has 0 saturated carbocycles. The highest BCUT2D eigenvalue weighted by Crippen LogP contribution is 2.21. The molecule has 3 aromatic rings. The molecule has 6 heteroatoms. The molecular formula is C16H15N3O2S. The number of aromatic nitrogens is 1. The molecule has 0 spiro atoms. The molecule has 0 fully saturated rings. The number of nitrogens with one attached hydrogen (secondary N) is 3. The van der Waals surface area contributed by atoms with Gasteiger partial charge in [0.1, 0.15) is 6.04 Å². The van der Waals surface area contributed by atoms with Gasteiger partial charge in [0.25, 0.3) is 5.91 Å². The van der Waals surface area contributed by atoms with Gasteiger partial charge in [-0.05, 0) is 30.5 Å². The summed E-state index contributed by atoms with van der Waals surface area (Å²) in [4.78, 5) is 27.9. The van der Waals surface area contributed by atoms with E-state index in [1.165, 1.54) is 11.3 Å². The number of para-hydroxylation sites is 1. The second-order valence-corrected chi connectivity index (χ2v) is 5.86. The first kappa shape index (κ1) is 14.3. The summed E-state index contributed by atoms with van der Waals surface area (Å²) in [6.07, 6.45) is 1.82. The predicted molar refractivity (Wildman–Crippen MR) is 88.2 cm³/mol. The van der Waals surface area contributed by atoms with Gasteiger partial charge in [0.15, 0.2) is 0 Å². The molecule has 22 heavy (non-hydrogen) atoms. The van der Waals surface area contributed by atoms with Crippen molar-refractivity contribution in [3.63, 3.8) is 0 Å². The van der Waals surface area contributed by atoms with Crippen LogP contribution in [0.5, 0.6) is 0 Å². The van der Waals surface area contributed by atoms with Gasteiger partial charge in [-0.15, -0.1) is 11.3 Å². The Kier molecular flexibility index (Phi) is 3.93. The van der Waals surface area contributed by atoms with Crippen molar-refractivity contribution in [3.8, 4) is 0 Å². The van der Waals surface area contributed by atoms with Gasteiger partial charge >= 0.3 is 0 Å². The number of carbonyl (C=O) groups is 2. The van der Waals surface area contributed by atoms with Gasteiger partial charge in [-0.3, -0.25) is 9.59 Å². The van der Waals surface area contributed by atoms with Crippen LogP contribution in [0.4, 0.5) is 5.69 Å². The molecule has 5 nitrogen and oxygen atoms in total. The van der Waals surface area contributed by atoms with Crippen molar-refractivity contribution in [1.29, 1.82) is 0 Å². The van der Waals surface area contributed by atoms with Crippen LogP contribution in [0.15, 0.2) is 48.0 Å². The van der Waals surface area contributed by atoms with E-state index in [9.17, 15) is 9.59 Å². The number of anilines is 1. The normalized spacial score (nSPS) is 12.0. The lowest BCUT2D eigenvalue weighted by Crippen LogP contribution is -2.41. The van der Waals surface area contributed by atoms with Crippen LogP contribution in [0.25, 0.3) is 10.9 Å². The Morgan fingerprint density at radius 1 is 1.18 bits per heavy atom. The van der Waals surface area contributed by atoms with E-state index in [0.717, 1.165) is 10.9 Å². The second-order valence-electron chi connectivity index (χ2n) is 4.91. The van der Waals surface area contributed by atoms with Crippen molar-refractivity contribution in [2.24, 2.45) is 0 Å². The van der Waals surface area contributed by atoms with Crippen molar-refractivity contribution in [2.45, 2.75) is 13.0 Å². The summed E-state index contributed by atoms with van der Waals surface area (Å²) in [5.41, 5.74) is 1.57. The van der Waals surface area contributed by atoms with E-state index in [1.807, 2.05) is 35.8 Å². The van der Waals surface area contributed by atoms with E-state index in [2.05, 4.69) is 15.6 Å². The number of fused-ring (bicyclic) bond motifs is 1. The maximum absolute atomic E-state index is 12.2. The fourth-order valence-electron chi connectivity index (χ4n) is 2.17. The van der Waals surface area contributed by atoms with E-state index in [-0.39, 0.29) is 11.8 Å². The Morgan fingerprint density at radius 3 is 2.82 bits per heavy atom. The summed E-state index contributed by atoms with van der Waals surface area (Å²) in [6, 6.07) is 10.5. The van der Waals surface area contributed by atoms with Crippen molar-refractivity contribution in [1.82, 2.24) is 10.3 Å². The van der Waals surface area contributed by atoms with Crippen molar-refractivity contribution < 1.29 is 9.59 Å². The molecule has 0 aliphatic heterocycles. The highest BCUT2D eigenvalue weighted by atomic mass is 32.1. The fraction of sp³-hybridized carbons (Fsp3) is 0.125. The highest BCUT2D eigenvalue weighted by molar-refractivity contribution is 7.12. The first-order valence-electron chi connectivity index (χ1n) is 6.86. The lowest BCUT2D eigenvalue weighted by Gasteiger charge is -2.14. The summed E-state index contributed by atoms with van der Waals surface area (Å²) in [5.74, 6) is -0.497. The molecule has 2 amide bonds. The first-order chi connectivity index (χ1) is 10.6. The minimum absolute atomic E-state index is 0.240. The Bertz CT molecular complexity index is 808. The number of carbonyl (C=O) groups excluding carboxylic acids is 2. The number of aromatic amines is 1. The monoisotopic (exact) mass is 313 g/mol. The van der Waals surface area contributed by atoms with Crippen LogP contribution in [0, 0.1) is 0 Å². The zero-order valence-corrected chi connectivity index (χ0v) is 12.7. The number of thiophene rings is 1. The highest BCUT2D eigenvalue weighted by Gasteiger charge is 2.18. The number of hydrogen-bond acceptors (Lipinski definition) is 3. The van der Waals surface area contributed by atoms with Gasteiger partial charge in [-0.25, -0.2) is 0 Å². The molecule has 0 aliphatic carbocycles. The SMILES string of the molecule is CC(NC(=O)c1cccs1)C(=O)Nc1cccc2cc[nH]c12. The largest absolute Gasteiger partial charge is 0.359 e. The van der Waals surface area contributed by atoms with Crippen LogP contribution >= 0.6 is 11.3 Å². The third-order valence-electron chi connectivity index (χ3n) is 3.33. The Labute approximate surface area is 131 Å². The predicted octanol–water partition coefficient (Wildman–Crippen LogP) is 2.99. The third-order valence-corrected chi connectivity index (χ3v) is 4.20. The molecule has 1 aromatic carbocycles. The molecule has 0 radical (unpaired) electrons. The minimum Gasteiger partial charge on any atom is -0.359 e. The fourth-order valence-corrected chi connectivity index (χ4v) is 2.80. The van der Waals surface area contributed by atoms with Gasteiger partial charge in [-0.1, -0.05) is 18.2 Å². The van der Waals surface area contributed by atoms with Gasteiger partial charge in [0.2, 0.25) is 5.91 Å². The molecule has 1 atom stereocenters. The topological polar surface area (TPSA) is 74.0 Å². The Morgan fingerprint density at radius 2 is 2.05 bits per heavy atom. The van der Waals surface area contributed by atoms with E-state index >= 15 is 0 Å².